The first-order valence-corrected chi connectivity index (χ1v) is 4.20. The van der Waals surface area contributed by atoms with Gasteiger partial charge in [0, 0.05) is 24.9 Å². The molecule has 0 saturated carbocycles. The lowest BCUT2D eigenvalue weighted by atomic mass is 10.1. The molecule has 0 N–H and O–H groups in total. The molecule has 1 aromatic rings. The molecule has 0 bridgehead atoms. The van der Waals surface area contributed by atoms with Crippen LogP contribution in [0, 0.1) is 18.3 Å². The standard InChI is InChI=1S/C9H13N3O/c1-4-13-9(5-10)8-6-11-12(3)7(8)2/h6,9H,4H2,1-3H3. The van der Waals surface area contributed by atoms with Gasteiger partial charge in [-0.15, -0.1) is 0 Å². The molecule has 1 rings (SSSR count). The third-order valence-electron chi connectivity index (χ3n) is 2.01. The van der Waals surface area contributed by atoms with Crippen LogP contribution in [0.15, 0.2) is 6.20 Å². The lowest BCUT2D eigenvalue weighted by molar-refractivity contribution is 0.101. The van der Waals surface area contributed by atoms with E-state index in [0.29, 0.717) is 6.61 Å². The van der Waals surface area contributed by atoms with E-state index in [-0.39, 0.29) is 0 Å². The summed E-state index contributed by atoms with van der Waals surface area (Å²) in [5, 5.41) is 12.9. The summed E-state index contributed by atoms with van der Waals surface area (Å²) in [5.74, 6) is 0. The van der Waals surface area contributed by atoms with Crippen LogP contribution in [0.4, 0.5) is 0 Å². The lowest BCUT2D eigenvalue weighted by Gasteiger charge is -2.07. The number of rotatable bonds is 3. The van der Waals surface area contributed by atoms with E-state index < -0.39 is 6.10 Å². The largest absolute Gasteiger partial charge is 0.359 e. The van der Waals surface area contributed by atoms with Gasteiger partial charge in [-0.1, -0.05) is 0 Å². The van der Waals surface area contributed by atoms with Gasteiger partial charge < -0.3 is 4.74 Å². The van der Waals surface area contributed by atoms with Crippen molar-refractivity contribution in [2.75, 3.05) is 6.61 Å². The Labute approximate surface area is 77.7 Å². The van der Waals surface area contributed by atoms with Crippen molar-refractivity contribution in [2.45, 2.75) is 20.0 Å². The Balaban J connectivity index is 2.93. The average Bonchev–Trinajstić information content (AvgIpc) is 2.45. The van der Waals surface area contributed by atoms with Crippen molar-refractivity contribution in [3.05, 3.63) is 17.5 Å². The maximum atomic E-state index is 8.83. The first-order chi connectivity index (χ1) is 6.20. The van der Waals surface area contributed by atoms with Gasteiger partial charge >= 0.3 is 0 Å². The molecule has 70 valence electrons. The fraction of sp³-hybridized carbons (Fsp3) is 0.556. The highest BCUT2D eigenvalue weighted by Crippen LogP contribution is 2.19. The summed E-state index contributed by atoms with van der Waals surface area (Å²) in [4.78, 5) is 0. The predicted octanol–water partition coefficient (Wildman–Crippen LogP) is 1.33. The number of nitrogens with zero attached hydrogens (tertiary/aromatic N) is 3. The minimum atomic E-state index is -0.487. The number of aromatic nitrogens is 2. The molecular weight excluding hydrogens is 166 g/mol. The smallest absolute Gasteiger partial charge is 0.172 e. The first-order valence-electron chi connectivity index (χ1n) is 4.20. The quantitative estimate of drug-likeness (QED) is 0.703. The number of hydrogen-bond donors (Lipinski definition) is 0. The van der Waals surface area contributed by atoms with Gasteiger partial charge in [-0.2, -0.15) is 10.4 Å². The van der Waals surface area contributed by atoms with Crippen LogP contribution in [0.1, 0.15) is 24.3 Å². The van der Waals surface area contributed by atoms with Crippen LogP contribution in [0.25, 0.3) is 0 Å². The molecule has 0 radical (unpaired) electrons. The number of ether oxygens (including phenoxy) is 1. The van der Waals surface area contributed by atoms with Crippen LogP contribution in [-0.2, 0) is 11.8 Å². The average molecular weight is 179 g/mol. The second kappa shape index (κ2) is 4.06. The fourth-order valence-corrected chi connectivity index (χ4v) is 1.14. The van der Waals surface area contributed by atoms with E-state index in [0.717, 1.165) is 11.3 Å². The van der Waals surface area contributed by atoms with Gasteiger partial charge in [-0.3, -0.25) is 4.68 Å². The Morgan fingerprint density at radius 1 is 1.77 bits per heavy atom. The normalized spacial score (nSPS) is 12.5. The molecule has 0 amide bonds. The van der Waals surface area contributed by atoms with Crippen molar-refractivity contribution in [1.29, 1.82) is 5.26 Å². The molecule has 13 heavy (non-hydrogen) atoms. The lowest BCUT2D eigenvalue weighted by Crippen LogP contribution is -2.03. The molecule has 0 aliphatic heterocycles. The molecule has 4 nitrogen and oxygen atoms in total. The van der Waals surface area contributed by atoms with Crippen molar-refractivity contribution < 1.29 is 4.74 Å². The zero-order chi connectivity index (χ0) is 9.84. The van der Waals surface area contributed by atoms with Crippen LogP contribution in [0.2, 0.25) is 0 Å². The molecule has 4 heteroatoms. The Morgan fingerprint density at radius 3 is 2.85 bits per heavy atom. The SMILES string of the molecule is CCOC(C#N)c1cnn(C)c1C. The van der Waals surface area contributed by atoms with Crippen molar-refractivity contribution in [3.63, 3.8) is 0 Å². The van der Waals surface area contributed by atoms with Gasteiger partial charge in [-0.05, 0) is 13.8 Å². The molecule has 1 unspecified atom stereocenters. The highest BCUT2D eigenvalue weighted by atomic mass is 16.5. The van der Waals surface area contributed by atoms with E-state index in [1.807, 2.05) is 20.9 Å². The zero-order valence-corrected chi connectivity index (χ0v) is 8.11. The van der Waals surface area contributed by atoms with Gasteiger partial charge in [0.25, 0.3) is 0 Å². The molecule has 0 aromatic carbocycles. The van der Waals surface area contributed by atoms with Gasteiger partial charge in [-0.25, -0.2) is 0 Å². The van der Waals surface area contributed by atoms with Gasteiger partial charge in [0.1, 0.15) is 0 Å². The maximum absolute atomic E-state index is 8.83. The molecule has 1 aromatic heterocycles. The molecule has 0 fully saturated rings. The van der Waals surface area contributed by atoms with Crippen LogP contribution in [0.5, 0.6) is 0 Å². The summed E-state index contributed by atoms with van der Waals surface area (Å²) in [6.07, 6.45) is 1.19. The second-order valence-electron chi connectivity index (χ2n) is 2.77. The van der Waals surface area contributed by atoms with E-state index in [9.17, 15) is 0 Å². The van der Waals surface area contributed by atoms with E-state index in [1.165, 1.54) is 0 Å². The Kier molecular flexibility index (Phi) is 3.04. The van der Waals surface area contributed by atoms with Crippen molar-refractivity contribution in [3.8, 4) is 6.07 Å². The summed E-state index contributed by atoms with van der Waals surface area (Å²) in [7, 11) is 1.85. The Hall–Kier alpha value is -1.34. The summed E-state index contributed by atoms with van der Waals surface area (Å²) < 4.78 is 6.99. The molecule has 0 aliphatic carbocycles. The first kappa shape index (κ1) is 9.75. The molecule has 0 saturated heterocycles. The fourth-order valence-electron chi connectivity index (χ4n) is 1.14. The third kappa shape index (κ3) is 1.87. The highest BCUT2D eigenvalue weighted by molar-refractivity contribution is 5.23. The zero-order valence-electron chi connectivity index (χ0n) is 8.11. The third-order valence-corrected chi connectivity index (χ3v) is 2.01. The molecule has 1 heterocycles. The highest BCUT2D eigenvalue weighted by Gasteiger charge is 2.15. The molecule has 0 aliphatic rings. The maximum Gasteiger partial charge on any atom is 0.172 e. The minimum absolute atomic E-state index is 0.487. The van der Waals surface area contributed by atoms with Crippen molar-refractivity contribution in [1.82, 2.24) is 9.78 Å². The Morgan fingerprint density at radius 2 is 2.46 bits per heavy atom. The van der Waals surface area contributed by atoms with E-state index in [2.05, 4.69) is 11.2 Å². The topological polar surface area (TPSA) is 50.8 Å². The van der Waals surface area contributed by atoms with Crippen LogP contribution in [-0.4, -0.2) is 16.4 Å². The van der Waals surface area contributed by atoms with Crippen molar-refractivity contribution >= 4 is 0 Å². The van der Waals surface area contributed by atoms with Crippen LogP contribution >= 0.6 is 0 Å². The van der Waals surface area contributed by atoms with Gasteiger partial charge in [0.05, 0.1) is 12.3 Å². The minimum Gasteiger partial charge on any atom is -0.359 e. The number of aryl methyl sites for hydroxylation is 1. The Bertz CT molecular complexity index is 324. The predicted molar refractivity (Wildman–Crippen MR) is 47.9 cm³/mol. The van der Waals surface area contributed by atoms with Crippen LogP contribution < -0.4 is 0 Å². The van der Waals surface area contributed by atoms with Crippen molar-refractivity contribution in [2.24, 2.45) is 7.05 Å². The molecule has 1 atom stereocenters. The molecule has 0 spiro atoms. The number of hydrogen-bond acceptors (Lipinski definition) is 3. The van der Waals surface area contributed by atoms with Gasteiger partial charge in [0.15, 0.2) is 6.10 Å². The van der Waals surface area contributed by atoms with E-state index in [4.69, 9.17) is 10.00 Å². The second-order valence-corrected chi connectivity index (χ2v) is 2.77. The van der Waals surface area contributed by atoms with Crippen LogP contribution in [0.3, 0.4) is 0 Å². The summed E-state index contributed by atoms with van der Waals surface area (Å²) in [6, 6.07) is 2.10. The summed E-state index contributed by atoms with van der Waals surface area (Å²) >= 11 is 0. The van der Waals surface area contributed by atoms with E-state index in [1.54, 1.807) is 10.9 Å². The monoisotopic (exact) mass is 179 g/mol. The van der Waals surface area contributed by atoms with Gasteiger partial charge in [0.2, 0.25) is 0 Å². The number of nitriles is 1. The molecular formula is C9H13N3O. The van der Waals surface area contributed by atoms with E-state index >= 15 is 0 Å². The summed E-state index contributed by atoms with van der Waals surface area (Å²) in [6.45, 7) is 4.33. The summed E-state index contributed by atoms with van der Waals surface area (Å²) in [5.41, 5.74) is 1.83.